The molecular formula is C26H25FN4O2. The van der Waals surface area contributed by atoms with Gasteiger partial charge in [0.05, 0.1) is 24.0 Å². The molecule has 6 nitrogen and oxygen atoms in total. The lowest BCUT2D eigenvalue weighted by molar-refractivity contribution is 0.120. The van der Waals surface area contributed by atoms with Crippen LogP contribution in [0.5, 0.6) is 11.6 Å². The number of piperidine rings is 1. The Kier molecular flexibility index (Phi) is 5.21. The average Bonchev–Trinajstić information content (AvgIpc) is 3.18. The van der Waals surface area contributed by atoms with Crippen molar-refractivity contribution in [3.8, 4) is 34.0 Å². The van der Waals surface area contributed by atoms with Crippen LogP contribution in [0.25, 0.3) is 28.0 Å². The molecule has 1 unspecified atom stereocenters. The van der Waals surface area contributed by atoms with Gasteiger partial charge in [0.15, 0.2) is 0 Å². The maximum Gasteiger partial charge on any atom is 0.213 e. The highest BCUT2D eigenvalue weighted by Crippen LogP contribution is 2.42. The number of benzene rings is 1. The number of hydrogen-bond acceptors (Lipinski definition) is 6. The second-order valence-corrected chi connectivity index (χ2v) is 8.78. The van der Waals surface area contributed by atoms with Crippen LogP contribution in [0.2, 0.25) is 0 Å². The second kappa shape index (κ2) is 8.08. The van der Waals surface area contributed by atoms with Crippen LogP contribution in [0.3, 0.4) is 0 Å². The number of fused-ring (bicyclic) bond motifs is 2. The molecule has 1 saturated heterocycles. The molecule has 168 valence electrons. The number of phenols is 1. The number of allylic oxidation sites excluding steroid dienone is 1. The van der Waals surface area contributed by atoms with Crippen LogP contribution in [-0.2, 0) is 0 Å². The zero-order valence-corrected chi connectivity index (χ0v) is 18.5. The van der Waals surface area contributed by atoms with E-state index in [1.807, 2.05) is 31.2 Å². The molecule has 33 heavy (non-hydrogen) atoms. The summed E-state index contributed by atoms with van der Waals surface area (Å²) in [5, 5.41) is 22.6. The van der Waals surface area contributed by atoms with Crippen LogP contribution in [0.1, 0.15) is 19.0 Å². The Morgan fingerprint density at radius 1 is 1.18 bits per heavy atom. The molecule has 2 aromatic heterocycles. The van der Waals surface area contributed by atoms with Crippen LogP contribution < -0.4 is 10.1 Å². The van der Waals surface area contributed by atoms with Crippen molar-refractivity contribution >= 4 is 5.57 Å². The monoisotopic (exact) mass is 444 g/mol. The molecule has 0 saturated carbocycles. The normalized spacial score (nSPS) is 25.7. The quantitative estimate of drug-likeness (QED) is 0.561. The molecule has 2 bridgehead atoms. The summed E-state index contributed by atoms with van der Waals surface area (Å²) >= 11 is 0. The van der Waals surface area contributed by atoms with Gasteiger partial charge in [0.1, 0.15) is 11.9 Å². The minimum absolute atomic E-state index is 0.0851. The highest BCUT2D eigenvalue weighted by molar-refractivity contribution is 5.75. The Morgan fingerprint density at radius 3 is 2.73 bits per heavy atom. The highest BCUT2D eigenvalue weighted by Gasteiger charge is 2.48. The number of alkyl halides is 1. The van der Waals surface area contributed by atoms with E-state index in [0.29, 0.717) is 34.8 Å². The predicted octanol–water partition coefficient (Wildman–Crippen LogP) is 4.58. The summed E-state index contributed by atoms with van der Waals surface area (Å²) in [6.45, 7) is 6.02. The first kappa shape index (κ1) is 21.3. The Labute approximate surface area is 191 Å². The van der Waals surface area contributed by atoms with Gasteiger partial charge in [0.25, 0.3) is 0 Å². The van der Waals surface area contributed by atoms with Gasteiger partial charge in [-0.1, -0.05) is 24.8 Å². The highest BCUT2D eigenvalue weighted by atomic mass is 19.1. The van der Waals surface area contributed by atoms with E-state index in [4.69, 9.17) is 4.74 Å². The summed E-state index contributed by atoms with van der Waals surface area (Å²) in [6.07, 6.45) is 5.15. The van der Waals surface area contributed by atoms with Gasteiger partial charge < -0.3 is 9.84 Å². The maximum atomic E-state index is 15.2. The van der Waals surface area contributed by atoms with Gasteiger partial charge in [-0.05, 0) is 60.4 Å². The molecule has 0 spiro atoms. The third-order valence-corrected chi connectivity index (χ3v) is 6.60. The fourth-order valence-corrected chi connectivity index (χ4v) is 4.72. The number of phenolic OH excluding ortho intramolecular Hbond substituents is 1. The van der Waals surface area contributed by atoms with Gasteiger partial charge in [-0.2, -0.15) is 5.10 Å². The molecule has 2 aliphatic rings. The summed E-state index contributed by atoms with van der Waals surface area (Å²) in [5.41, 5.74) is 3.33. The van der Waals surface area contributed by atoms with Crippen LogP contribution in [0.15, 0.2) is 67.4 Å². The van der Waals surface area contributed by atoms with Gasteiger partial charge in [-0.3, -0.25) is 5.32 Å². The first-order valence-electron chi connectivity index (χ1n) is 10.9. The number of ether oxygens (including phenoxy) is 1. The average molecular weight is 445 g/mol. The number of pyridine rings is 1. The van der Waals surface area contributed by atoms with Gasteiger partial charge >= 0.3 is 0 Å². The number of halogens is 1. The first-order chi connectivity index (χ1) is 15.9. The molecule has 1 aromatic carbocycles. The van der Waals surface area contributed by atoms with Crippen molar-refractivity contribution in [3.05, 3.63) is 73.1 Å². The zero-order valence-electron chi connectivity index (χ0n) is 18.5. The van der Waals surface area contributed by atoms with Crippen molar-refractivity contribution in [1.29, 1.82) is 0 Å². The van der Waals surface area contributed by atoms with Crippen molar-refractivity contribution in [3.63, 3.8) is 0 Å². The number of aromatic nitrogens is 3. The van der Waals surface area contributed by atoms with E-state index in [9.17, 15) is 5.11 Å². The number of methoxy groups -OCH3 is 1. The standard InChI is InChI=1S/C26H25FN4O2/c1-15(20-14-18-8-10-26(2,29-18)25(20)27)21-6-7-22(31-30-21)19-5-4-16(12-23(19)32)17-9-11-28-24(13-17)33-3/h4-13,18,20,25,29,32H,1,14H2,2-3H3/t18?,20-,25+,26-/m0/s1. The SMILES string of the molecule is C=C(c1ccc(-c2ccc(-c3ccnc(OC)c3)cc2O)nn1)[C@@H]1CC2C=C[C@](C)(N2)[C@@H]1F. The van der Waals surface area contributed by atoms with E-state index >= 15 is 4.39 Å². The predicted molar refractivity (Wildman–Crippen MR) is 125 cm³/mol. The summed E-state index contributed by atoms with van der Waals surface area (Å²) in [5.74, 6) is 0.253. The maximum absolute atomic E-state index is 15.2. The van der Waals surface area contributed by atoms with Gasteiger partial charge in [0.2, 0.25) is 5.88 Å². The third kappa shape index (κ3) is 3.78. The third-order valence-electron chi connectivity index (χ3n) is 6.60. The van der Waals surface area contributed by atoms with E-state index in [1.165, 1.54) is 0 Å². The Morgan fingerprint density at radius 2 is 2.00 bits per heavy atom. The van der Waals surface area contributed by atoms with Crippen LogP contribution in [-0.4, -0.2) is 45.2 Å². The summed E-state index contributed by atoms with van der Waals surface area (Å²) in [4.78, 5) is 4.11. The van der Waals surface area contributed by atoms with Crippen molar-refractivity contribution in [2.24, 2.45) is 5.92 Å². The van der Waals surface area contributed by atoms with Crippen LogP contribution in [0.4, 0.5) is 4.39 Å². The number of hydrogen-bond donors (Lipinski definition) is 2. The number of nitrogens with zero attached hydrogens (tertiary/aromatic N) is 3. The molecule has 2 aliphatic heterocycles. The molecule has 2 N–H and O–H groups in total. The van der Waals surface area contributed by atoms with Crippen LogP contribution >= 0.6 is 0 Å². The number of rotatable bonds is 5. The van der Waals surface area contributed by atoms with Crippen molar-refractivity contribution in [2.45, 2.75) is 31.1 Å². The molecule has 5 rings (SSSR count). The topological polar surface area (TPSA) is 80.2 Å². The summed E-state index contributed by atoms with van der Waals surface area (Å²) < 4.78 is 20.4. The van der Waals surface area contributed by atoms with E-state index in [-0.39, 0.29) is 17.7 Å². The molecule has 7 heteroatoms. The first-order valence-corrected chi connectivity index (χ1v) is 10.9. The molecular weight excluding hydrogens is 419 g/mol. The van der Waals surface area contributed by atoms with Gasteiger partial charge in [0, 0.05) is 29.8 Å². The lowest BCUT2D eigenvalue weighted by Crippen LogP contribution is -2.56. The van der Waals surface area contributed by atoms with Gasteiger partial charge in [-0.25, -0.2) is 9.37 Å². The van der Waals surface area contributed by atoms with Crippen LogP contribution in [0, 0.1) is 5.92 Å². The molecule has 1 fully saturated rings. The van der Waals surface area contributed by atoms with Crippen molar-refractivity contribution in [2.75, 3.05) is 7.11 Å². The Balaban J connectivity index is 1.37. The molecule has 0 radical (unpaired) electrons. The van der Waals surface area contributed by atoms with Gasteiger partial charge in [-0.15, -0.1) is 5.10 Å². The van der Waals surface area contributed by atoms with E-state index in [2.05, 4.69) is 27.1 Å². The largest absolute Gasteiger partial charge is 0.507 e. The zero-order chi connectivity index (χ0) is 23.2. The molecule has 3 aromatic rings. The lowest BCUT2D eigenvalue weighted by atomic mass is 9.77. The van der Waals surface area contributed by atoms with E-state index in [0.717, 1.165) is 11.1 Å². The summed E-state index contributed by atoms with van der Waals surface area (Å²) in [7, 11) is 1.56. The number of aromatic hydroxyl groups is 1. The molecule has 4 heterocycles. The smallest absolute Gasteiger partial charge is 0.213 e. The summed E-state index contributed by atoms with van der Waals surface area (Å²) in [6, 6.07) is 12.7. The Hall–Kier alpha value is -3.58. The molecule has 4 atom stereocenters. The van der Waals surface area contributed by atoms with E-state index in [1.54, 1.807) is 43.6 Å². The van der Waals surface area contributed by atoms with Crippen molar-refractivity contribution in [1.82, 2.24) is 20.5 Å². The lowest BCUT2D eigenvalue weighted by Gasteiger charge is -2.40. The second-order valence-electron chi connectivity index (χ2n) is 8.78. The molecule has 0 amide bonds. The van der Waals surface area contributed by atoms with Crippen molar-refractivity contribution < 1.29 is 14.2 Å². The number of nitrogens with one attached hydrogen (secondary N) is 1. The molecule has 0 aliphatic carbocycles. The Bertz CT molecular complexity index is 1240. The minimum atomic E-state index is -1.09. The fraction of sp³-hybridized carbons (Fsp3) is 0.269. The fourth-order valence-electron chi connectivity index (χ4n) is 4.72. The minimum Gasteiger partial charge on any atom is -0.507 e. The van der Waals surface area contributed by atoms with E-state index < -0.39 is 11.7 Å².